The Morgan fingerprint density at radius 1 is 0.941 bits per heavy atom. The Labute approximate surface area is 215 Å². The second-order valence-electron chi connectivity index (χ2n) is 9.17. The van der Waals surface area contributed by atoms with E-state index in [4.69, 9.17) is 9.47 Å². The molecule has 1 saturated heterocycles. The maximum atomic E-state index is 12.3. The lowest BCUT2D eigenvalue weighted by molar-refractivity contribution is -0.0148. The molecule has 1 fully saturated rings. The molecule has 5 nitrogen and oxygen atoms in total. The molecule has 0 aliphatic carbocycles. The van der Waals surface area contributed by atoms with Gasteiger partial charge in [0.05, 0.1) is 5.54 Å². The number of hydrogen-bond acceptors (Lipinski definition) is 7. The highest BCUT2D eigenvalue weighted by Gasteiger charge is 2.66. The molecule has 190 valence electrons. The van der Waals surface area contributed by atoms with E-state index in [2.05, 4.69) is 35.8 Å². The van der Waals surface area contributed by atoms with E-state index in [1.54, 1.807) is 30.6 Å². The first-order valence-electron chi connectivity index (χ1n) is 11.2. The fourth-order valence-corrected chi connectivity index (χ4v) is 4.07. The number of nitrogens with one attached hydrogen (secondary N) is 1. The van der Waals surface area contributed by atoms with E-state index < -0.39 is 11.3 Å². The number of benzene rings is 2. The second kappa shape index (κ2) is 13.1. The molecule has 0 bridgehead atoms. The number of ether oxygens (including phenoxy) is 2. The average Bonchev–Trinajstić information content (AvgIpc) is 3.41. The average molecular weight is 507 g/mol. The van der Waals surface area contributed by atoms with Crippen molar-refractivity contribution in [1.29, 1.82) is 0 Å². The van der Waals surface area contributed by atoms with Gasteiger partial charge in [-0.2, -0.15) is 0 Å². The molecule has 0 amide bonds. The smallest absolute Gasteiger partial charge is 0.225 e. The number of carbonyl (C=O) groups excluding carboxylic acids is 1. The molecule has 0 aromatic heterocycles. The fraction of sp³-hybridized carbons (Fsp3) is 0.519. The minimum atomic E-state index is -0.538. The van der Waals surface area contributed by atoms with Crippen LogP contribution in [0.2, 0.25) is 0 Å². The van der Waals surface area contributed by atoms with Gasteiger partial charge in [0.15, 0.2) is 5.78 Å². The molecule has 1 N–H and O–H groups in total. The summed E-state index contributed by atoms with van der Waals surface area (Å²) in [5.41, 5.74) is 1.19. The summed E-state index contributed by atoms with van der Waals surface area (Å²) in [6.07, 6.45) is 4.10. The van der Waals surface area contributed by atoms with Crippen LogP contribution < -0.4 is 5.32 Å². The predicted molar refractivity (Wildman–Crippen MR) is 147 cm³/mol. The SMILES string of the molecule is CNC.COC1(c2ccc(SC)cc2)OC1(C)C.CSc1ccc(C(=O)C(C)(C)N(C)C)cc1. The Morgan fingerprint density at radius 2 is 1.32 bits per heavy atom. The van der Waals surface area contributed by atoms with Gasteiger partial charge in [0.25, 0.3) is 0 Å². The molecule has 0 spiro atoms. The third-order valence-corrected chi connectivity index (χ3v) is 7.42. The van der Waals surface area contributed by atoms with Crippen molar-refractivity contribution in [1.82, 2.24) is 10.2 Å². The van der Waals surface area contributed by atoms with Crippen molar-refractivity contribution < 1.29 is 14.3 Å². The van der Waals surface area contributed by atoms with Crippen LogP contribution in [-0.4, -0.2) is 69.6 Å². The zero-order valence-corrected chi connectivity index (χ0v) is 24.2. The molecule has 2 aromatic rings. The summed E-state index contributed by atoms with van der Waals surface area (Å²) >= 11 is 3.42. The van der Waals surface area contributed by atoms with Crippen LogP contribution in [-0.2, 0) is 15.3 Å². The number of Topliss-reactive ketones (excluding diaryl/α,β-unsaturated/α-hetero) is 1. The molecule has 34 heavy (non-hydrogen) atoms. The van der Waals surface area contributed by atoms with Crippen LogP contribution in [0.15, 0.2) is 58.3 Å². The predicted octanol–water partition coefficient (Wildman–Crippen LogP) is 5.78. The lowest BCUT2D eigenvalue weighted by atomic mass is 9.92. The van der Waals surface area contributed by atoms with Crippen LogP contribution in [0, 0.1) is 0 Å². The van der Waals surface area contributed by atoms with Gasteiger partial charge in [0.2, 0.25) is 5.79 Å². The number of carbonyl (C=O) groups is 1. The number of rotatable bonds is 7. The van der Waals surface area contributed by atoms with Gasteiger partial charge in [-0.05, 0) is 92.7 Å². The number of ketones is 1. The van der Waals surface area contributed by atoms with E-state index in [0.717, 1.165) is 11.1 Å². The third-order valence-electron chi connectivity index (χ3n) is 5.93. The molecule has 1 aliphatic rings. The minimum Gasteiger partial charge on any atom is -0.347 e. The molecule has 7 heteroatoms. The van der Waals surface area contributed by atoms with Gasteiger partial charge in [-0.15, -0.1) is 23.5 Å². The highest BCUT2D eigenvalue weighted by Crippen LogP contribution is 2.55. The number of thioether (sulfide) groups is 2. The van der Waals surface area contributed by atoms with Crippen molar-refractivity contribution in [2.45, 2.75) is 54.4 Å². The van der Waals surface area contributed by atoms with Crippen LogP contribution >= 0.6 is 23.5 Å². The van der Waals surface area contributed by atoms with E-state index in [0.29, 0.717) is 0 Å². The van der Waals surface area contributed by atoms with Crippen LogP contribution in [0.3, 0.4) is 0 Å². The van der Waals surface area contributed by atoms with Gasteiger partial charge in [-0.25, -0.2) is 0 Å². The lowest BCUT2D eigenvalue weighted by Gasteiger charge is -2.30. The largest absolute Gasteiger partial charge is 0.347 e. The maximum Gasteiger partial charge on any atom is 0.225 e. The first-order chi connectivity index (χ1) is 15.9. The quantitative estimate of drug-likeness (QED) is 0.290. The number of methoxy groups -OCH3 is 1. The third kappa shape index (κ3) is 7.33. The Hall–Kier alpha value is -1.35. The summed E-state index contributed by atoms with van der Waals surface area (Å²) in [7, 11) is 9.29. The summed E-state index contributed by atoms with van der Waals surface area (Å²) < 4.78 is 11.2. The van der Waals surface area contributed by atoms with Gasteiger partial charge in [0.1, 0.15) is 5.60 Å². The zero-order valence-electron chi connectivity index (χ0n) is 22.6. The van der Waals surface area contributed by atoms with E-state index in [-0.39, 0.29) is 11.4 Å². The Morgan fingerprint density at radius 3 is 1.62 bits per heavy atom. The molecule has 0 radical (unpaired) electrons. The summed E-state index contributed by atoms with van der Waals surface area (Å²) in [6.45, 7) is 7.97. The highest BCUT2D eigenvalue weighted by atomic mass is 32.2. The highest BCUT2D eigenvalue weighted by molar-refractivity contribution is 7.98. The molecule has 1 unspecified atom stereocenters. The lowest BCUT2D eigenvalue weighted by Crippen LogP contribution is -2.45. The molecular formula is C27H42N2O3S2. The van der Waals surface area contributed by atoms with E-state index >= 15 is 0 Å². The monoisotopic (exact) mass is 506 g/mol. The zero-order chi connectivity index (χ0) is 26.2. The van der Waals surface area contributed by atoms with Crippen LogP contribution in [0.5, 0.6) is 0 Å². The Balaban J connectivity index is 0.000000305. The van der Waals surface area contributed by atoms with Gasteiger partial charge in [-0.3, -0.25) is 9.69 Å². The van der Waals surface area contributed by atoms with Crippen molar-refractivity contribution in [3.05, 3.63) is 59.7 Å². The van der Waals surface area contributed by atoms with Gasteiger partial charge >= 0.3 is 0 Å². The van der Waals surface area contributed by atoms with Crippen molar-refractivity contribution in [2.75, 3.05) is 47.8 Å². The summed E-state index contributed by atoms with van der Waals surface area (Å²) in [4.78, 5) is 16.6. The number of epoxide rings is 1. The van der Waals surface area contributed by atoms with E-state index in [1.165, 1.54) is 9.79 Å². The van der Waals surface area contributed by atoms with Crippen molar-refractivity contribution in [3.8, 4) is 0 Å². The first-order valence-corrected chi connectivity index (χ1v) is 13.7. The van der Waals surface area contributed by atoms with Crippen molar-refractivity contribution in [2.24, 2.45) is 0 Å². The van der Waals surface area contributed by atoms with Crippen LogP contribution in [0.4, 0.5) is 0 Å². The fourth-order valence-electron chi connectivity index (χ4n) is 3.25. The summed E-state index contributed by atoms with van der Waals surface area (Å²) in [6, 6.07) is 16.1. The van der Waals surface area contributed by atoms with E-state index in [9.17, 15) is 4.79 Å². The molecule has 1 aliphatic heterocycles. The molecular weight excluding hydrogens is 464 g/mol. The maximum absolute atomic E-state index is 12.3. The second-order valence-corrected chi connectivity index (χ2v) is 10.9. The molecule has 3 rings (SSSR count). The molecule has 1 heterocycles. The van der Waals surface area contributed by atoms with Crippen LogP contribution in [0.1, 0.15) is 43.6 Å². The first kappa shape index (κ1) is 30.7. The Bertz CT molecular complexity index is 897. The van der Waals surface area contributed by atoms with Crippen molar-refractivity contribution in [3.63, 3.8) is 0 Å². The van der Waals surface area contributed by atoms with Crippen molar-refractivity contribution >= 4 is 29.3 Å². The normalized spacial score (nSPS) is 18.4. The minimum absolute atomic E-state index is 0.158. The molecule has 1 atom stereocenters. The topological polar surface area (TPSA) is 54.1 Å². The van der Waals surface area contributed by atoms with E-state index in [1.807, 2.05) is 91.3 Å². The molecule has 0 saturated carbocycles. The van der Waals surface area contributed by atoms with Gasteiger partial charge in [-0.1, -0.05) is 24.3 Å². The number of hydrogen-bond donors (Lipinski definition) is 1. The summed E-state index contributed by atoms with van der Waals surface area (Å²) in [5, 5.41) is 2.75. The standard InChI is InChI=1S/C13H19NOS.C12H16O2S.C2H7N/c1-13(2,14(3)4)12(15)10-6-8-11(16-5)9-7-10;1-11(2)12(13-3,14-11)9-5-7-10(15-4)8-6-9;1-3-2/h6-9H,1-5H3;5-8H,1-4H3;3H,1-2H3. The molecule has 2 aromatic carbocycles. The number of nitrogens with zero attached hydrogens (tertiary/aromatic N) is 1. The Kier molecular flexibility index (Phi) is 11.8. The van der Waals surface area contributed by atoms with Crippen LogP contribution in [0.25, 0.3) is 0 Å². The number of likely N-dealkylation sites (N-methyl/N-ethyl adjacent to an activating group) is 1. The summed E-state index contributed by atoms with van der Waals surface area (Å²) in [5.74, 6) is -0.380. The van der Waals surface area contributed by atoms with Gasteiger partial charge in [0, 0.05) is 28.0 Å². The van der Waals surface area contributed by atoms with Gasteiger partial charge < -0.3 is 14.8 Å².